The molecule has 3 aromatic carbocycles. The van der Waals surface area contributed by atoms with Crippen molar-refractivity contribution in [2.45, 2.75) is 37.1 Å². The fraction of sp³-hybridized carbons (Fsp3) is 0.231. The lowest BCUT2D eigenvalue weighted by atomic mass is 10.0. The van der Waals surface area contributed by atoms with E-state index in [4.69, 9.17) is 0 Å². The summed E-state index contributed by atoms with van der Waals surface area (Å²) in [6, 6.07) is 22.5. The highest BCUT2D eigenvalue weighted by molar-refractivity contribution is 7.89. The number of piperidine rings is 1. The zero-order valence-corrected chi connectivity index (χ0v) is 19.2. The number of hydrogen-bond donors (Lipinski definition) is 1. The molecular weight excluding hydrogens is 436 g/mol. The molecule has 7 heteroatoms. The monoisotopic (exact) mass is 462 g/mol. The first-order valence-electron chi connectivity index (χ1n) is 11.0. The highest BCUT2D eigenvalue weighted by Gasteiger charge is 2.37. The van der Waals surface area contributed by atoms with Crippen LogP contribution in [-0.4, -0.2) is 37.0 Å². The molecule has 0 aliphatic carbocycles. The van der Waals surface area contributed by atoms with Gasteiger partial charge in [-0.05, 0) is 55.2 Å². The van der Waals surface area contributed by atoms with E-state index in [1.54, 1.807) is 0 Å². The maximum atomic E-state index is 13.3. The Kier molecular flexibility index (Phi) is 6.72. The van der Waals surface area contributed by atoms with Gasteiger partial charge in [0.15, 0.2) is 5.78 Å². The molecule has 1 N–H and O–H groups in total. The van der Waals surface area contributed by atoms with Gasteiger partial charge in [0, 0.05) is 17.8 Å². The molecule has 1 atom stereocenters. The van der Waals surface area contributed by atoms with Crippen LogP contribution in [-0.2, 0) is 14.8 Å². The number of rotatable bonds is 6. The summed E-state index contributed by atoms with van der Waals surface area (Å²) in [7, 11) is -3.87. The number of ketones is 1. The minimum atomic E-state index is -3.87. The Morgan fingerprint density at radius 3 is 2.12 bits per heavy atom. The van der Waals surface area contributed by atoms with Crippen molar-refractivity contribution >= 4 is 27.4 Å². The summed E-state index contributed by atoms with van der Waals surface area (Å²) in [5.41, 5.74) is 3.18. The van der Waals surface area contributed by atoms with Crippen molar-refractivity contribution < 1.29 is 18.0 Å². The average Bonchev–Trinajstić information content (AvgIpc) is 2.85. The smallest absolute Gasteiger partial charge is 0.243 e. The summed E-state index contributed by atoms with van der Waals surface area (Å²) in [6.07, 6.45) is 1.93. The van der Waals surface area contributed by atoms with Crippen LogP contribution in [0.5, 0.6) is 0 Å². The van der Waals surface area contributed by atoms with Crippen LogP contribution in [0.25, 0.3) is 11.1 Å². The van der Waals surface area contributed by atoms with Crippen LogP contribution in [0.1, 0.15) is 36.5 Å². The molecule has 0 spiro atoms. The minimum absolute atomic E-state index is 0.0828. The van der Waals surface area contributed by atoms with Gasteiger partial charge in [-0.2, -0.15) is 4.31 Å². The minimum Gasteiger partial charge on any atom is -0.325 e. The number of anilines is 1. The van der Waals surface area contributed by atoms with Crippen LogP contribution in [0.2, 0.25) is 0 Å². The van der Waals surface area contributed by atoms with Gasteiger partial charge in [-0.3, -0.25) is 9.59 Å². The summed E-state index contributed by atoms with van der Waals surface area (Å²) in [5, 5.41) is 2.88. The quantitative estimate of drug-likeness (QED) is 0.537. The van der Waals surface area contributed by atoms with Gasteiger partial charge in [0.1, 0.15) is 6.04 Å². The van der Waals surface area contributed by atoms with E-state index < -0.39 is 16.1 Å². The number of sulfonamides is 1. The van der Waals surface area contributed by atoms with Crippen molar-refractivity contribution in [3.63, 3.8) is 0 Å². The van der Waals surface area contributed by atoms with Gasteiger partial charge in [-0.25, -0.2) is 8.42 Å². The van der Waals surface area contributed by atoms with Crippen LogP contribution in [0.3, 0.4) is 0 Å². The Labute approximate surface area is 194 Å². The second kappa shape index (κ2) is 9.68. The summed E-state index contributed by atoms with van der Waals surface area (Å²) >= 11 is 0. The van der Waals surface area contributed by atoms with Crippen LogP contribution < -0.4 is 5.32 Å². The van der Waals surface area contributed by atoms with Gasteiger partial charge in [-0.15, -0.1) is 0 Å². The number of amides is 1. The maximum Gasteiger partial charge on any atom is 0.243 e. The van der Waals surface area contributed by atoms with Crippen LogP contribution in [0.4, 0.5) is 5.69 Å². The van der Waals surface area contributed by atoms with Crippen LogP contribution in [0, 0.1) is 0 Å². The molecule has 1 aliphatic heterocycles. The lowest BCUT2D eigenvalue weighted by Gasteiger charge is -2.33. The average molecular weight is 463 g/mol. The van der Waals surface area contributed by atoms with Crippen LogP contribution in [0.15, 0.2) is 83.8 Å². The van der Waals surface area contributed by atoms with Gasteiger partial charge >= 0.3 is 0 Å². The molecule has 0 aromatic heterocycles. The third-order valence-electron chi connectivity index (χ3n) is 5.88. The SMILES string of the molecule is CC(=O)c1ccc(S(=O)(=O)N2CCCCC2C(=O)Nc2ccc(-c3ccccc3)cc2)cc1. The Hall–Kier alpha value is -3.29. The summed E-state index contributed by atoms with van der Waals surface area (Å²) in [6.45, 7) is 1.71. The number of carbonyl (C=O) groups is 2. The molecule has 33 heavy (non-hydrogen) atoms. The van der Waals surface area contributed by atoms with Gasteiger partial charge in [-0.1, -0.05) is 61.0 Å². The molecule has 1 fully saturated rings. The van der Waals surface area contributed by atoms with Crippen LogP contribution >= 0.6 is 0 Å². The van der Waals surface area contributed by atoms with Gasteiger partial charge < -0.3 is 5.32 Å². The summed E-state index contributed by atoms with van der Waals surface area (Å²) in [4.78, 5) is 24.7. The maximum absolute atomic E-state index is 13.3. The highest BCUT2D eigenvalue weighted by Crippen LogP contribution is 2.27. The molecule has 1 saturated heterocycles. The van der Waals surface area contributed by atoms with E-state index in [9.17, 15) is 18.0 Å². The van der Waals surface area contributed by atoms with Crippen molar-refractivity contribution in [3.8, 4) is 11.1 Å². The first-order valence-corrected chi connectivity index (χ1v) is 12.4. The third-order valence-corrected chi connectivity index (χ3v) is 7.81. The number of benzene rings is 3. The molecular formula is C26H26N2O4S. The fourth-order valence-electron chi connectivity index (χ4n) is 4.05. The molecule has 170 valence electrons. The zero-order chi connectivity index (χ0) is 23.4. The van der Waals surface area contributed by atoms with Crippen molar-refractivity contribution in [1.29, 1.82) is 0 Å². The van der Waals surface area contributed by atoms with E-state index in [1.807, 2.05) is 54.6 Å². The summed E-state index contributed by atoms with van der Waals surface area (Å²) < 4.78 is 27.9. The number of hydrogen-bond acceptors (Lipinski definition) is 4. The Balaban J connectivity index is 1.51. The molecule has 0 saturated carbocycles. The van der Waals surface area contributed by atoms with Gasteiger partial charge in [0.05, 0.1) is 4.90 Å². The van der Waals surface area contributed by atoms with E-state index in [-0.39, 0.29) is 23.1 Å². The second-order valence-electron chi connectivity index (χ2n) is 8.14. The topological polar surface area (TPSA) is 83.6 Å². The standard InChI is InChI=1S/C26H26N2O4S/c1-19(29)20-12-16-24(17-13-20)33(31,32)28-18-6-5-9-25(28)26(30)27-23-14-10-22(11-15-23)21-7-3-2-4-8-21/h2-4,7-8,10-17,25H,5-6,9,18H2,1H3,(H,27,30). The van der Waals surface area contributed by atoms with E-state index in [0.29, 0.717) is 24.1 Å². The fourth-order valence-corrected chi connectivity index (χ4v) is 5.71. The van der Waals surface area contributed by atoms with Crippen molar-refractivity contribution in [2.75, 3.05) is 11.9 Å². The lowest BCUT2D eigenvalue weighted by Crippen LogP contribution is -2.49. The Bertz CT molecular complexity index is 1240. The Morgan fingerprint density at radius 1 is 0.848 bits per heavy atom. The highest BCUT2D eigenvalue weighted by atomic mass is 32.2. The number of nitrogens with one attached hydrogen (secondary N) is 1. The van der Waals surface area contributed by atoms with E-state index >= 15 is 0 Å². The first-order chi connectivity index (χ1) is 15.9. The molecule has 6 nitrogen and oxygen atoms in total. The normalized spacial score (nSPS) is 16.8. The first kappa shape index (κ1) is 22.9. The summed E-state index contributed by atoms with van der Waals surface area (Å²) in [5.74, 6) is -0.474. The molecule has 3 aromatic rings. The molecule has 0 bridgehead atoms. The predicted octanol–water partition coefficient (Wildman–Crippen LogP) is 4.74. The number of Topliss-reactive ketones (excluding diaryl/α,β-unsaturated/α-hetero) is 1. The van der Waals surface area contributed by atoms with E-state index in [2.05, 4.69) is 5.32 Å². The second-order valence-corrected chi connectivity index (χ2v) is 10.0. The lowest BCUT2D eigenvalue weighted by molar-refractivity contribution is -0.120. The van der Waals surface area contributed by atoms with Crippen molar-refractivity contribution in [1.82, 2.24) is 4.31 Å². The molecule has 4 rings (SSSR count). The molecule has 1 heterocycles. The van der Waals surface area contributed by atoms with Gasteiger partial charge in [0.25, 0.3) is 0 Å². The van der Waals surface area contributed by atoms with Crippen molar-refractivity contribution in [2.24, 2.45) is 0 Å². The van der Waals surface area contributed by atoms with Gasteiger partial charge in [0.2, 0.25) is 15.9 Å². The largest absolute Gasteiger partial charge is 0.325 e. The molecule has 0 radical (unpaired) electrons. The molecule has 1 unspecified atom stereocenters. The number of carbonyl (C=O) groups excluding carboxylic acids is 2. The Morgan fingerprint density at radius 2 is 1.48 bits per heavy atom. The number of nitrogens with zero attached hydrogens (tertiary/aromatic N) is 1. The van der Waals surface area contributed by atoms with E-state index in [1.165, 1.54) is 35.5 Å². The molecule has 1 amide bonds. The molecule has 1 aliphatic rings. The third kappa shape index (κ3) is 5.05. The predicted molar refractivity (Wildman–Crippen MR) is 128 cm³/mol. The zero-order valence-electron chi connectivity index (χ0n) is 18.4. The van der Waals surface area contributed by atoms with Crippen molar-refractivity contribution in [3.05, 3.63) is 84.4 Å². The van der Waals surface area contributed by atoms with E-state index in [0.717, 1.165) is 17.5 Å².